The Labute approximate surface area is 181 Å². The molecule has 0 unspecified atom stereocenters. The molecule has 2 aromatic carbocycles. The SMILES string of the molecule is C=Cc1ccc(Cn2nc(C)c(NC(=O)c3cc(OC)nc4ccccc34)c2C)cc1. The molecule has 0 spiro atoms. The number of nitrogens with zero attached hydrogens (tertiary/aromatic N) is 3. The fourth-order valence-electron chi connectivity index (χ4n) is 3.59. The van der Waals surface area contributed by atoms with Gasteiger partial charge in [0.15, 0.2) is 0 Å². The molecule has 2 heterocycles. The van der Waals surface area contributed by atoms with Crippen molar-refractivity contribution in [3.8, 4) is 5.88 Å². The van der Waals surface area contributed by atoms with Gasteiger partial charge in [-0.15, -0.1) is 0 Å². The average Bonchev–Trinajstić information content (AvgIpc) is 3.06. The number of aryl methyl sites for hydroxylation is 1. The molecule has 4 rings (SSSR count). The van der Waals surface area contributed by atoms with Crippen LogP contribution in [0.4, 0.5) is 5.69 Å². The number of methoxy groups -OCH3 is 1. The third-order valence-corrected chi connectivity index (χ3v) is 5.31. The second-order valence-corrected chi connectivity index (χ2v) is 7.33. The number of hydrogen-bond acceptors (Lipinski definition) is 4. The number of fused-ring (bicyclic) bond motifs is 1. The Bertz CT molecular complexity index is 1270. The minimum absolute atomic E-state index is 0.224. The van der Waals surface area contributed by atoms with E-state index in [9.17, 15) is 4.79 Å². The molecule has 1 amide bonds. The number of ether oxygens (including phenoxy) is 1. The zero-order valence-corrected chi connectivity index (χ0v) is 17.8. The van der Waals surface area contributed by atoms with Crippen LogP contribution in [0.25, 0.3) is 17.0 Å². The maximum absolute atomic E-state index is 13.2. The number of rotatable bonds is 6. The van der Waals surface area contributed by atoms with Gasteiger partial charge in [-0.1, -0.05) is 55.1 Å². The molecule has 156 valence electrons. The molecule has 6 nitrogen and oxygen atoms in total. The zero-order chi connectivity index (χ0) is 22.0. The summed E-state index contributed by atoms with van der Waals surface area (Å²) in [6.45, 7) is 8.25. The first-order valence-electron chi connectivity index (χ1n) is 10.0. The lowest BCUT2D eigenvalue weighted by molar-refractivity contribution is 0.102. The monoisotopic (exact) mass is 412 g/mol. The molecule has 0 saturated carbocycles. The predicted octanol–water partition coefficient (Wildman–Crippen LogP) is 5.00. The summed E-state index contributed by atoms with van der Waals surface area (Å²) in [6, 6.07) is 17.3. The average molecular weight is 412 g/mol. The lowest BCUT2D eigenvalue weighted by atomic mass is 10.1. The van der Waals surface area contributed by atoms with Gasteiger partial charge in [0.05, 0.1) is 41.8 Å². The fraction of sp³-hybridized carbons (Fsp3) is 0.160. The highest BCUT2D eigenvalue weighted by Crippen LogP contribution is 2.25. The quantitative estimate of drug-likeness (QED) is 0.484. The topological polar surface area (TPSA) is 69.0 Å². The van der Waals surface area contributed by atoms with E-state index in [1.54, 1.807) is 13.2 Å². The fourth-order valence-corrected chi connectivity index (χ4v) is 3.59. The Morgan fingerprint density at radius 3 is 2.61 bits per heavy atom. The first-order valence-corrected chi connectivity index (χ1v) is 10.0. The lowest BCUT2D eigenvalue weighted by Crippen LogP contribution is -2.14. The number of nitrogens with one attached hydrogen (secondary N) is 1. The Kier molecular flexibility index (Phi) is 5.54. The van der Waals surface area contributed by atoms with E-state index in [2.05, 4.69) is 34.1 Å². The summed E-state index contributed by atoms with van der Waals surface area (Å²) in [6.07, 6.45) is 1.82. The summed E-state index contributed by atoms with van der Waals surface area (Å²) < 4.78 is 7.19. The number of hydrogen-bond donors (Lipinski definition) is 1. The van der Waals surface area contributed by atoms with Gasteiger partial charge in [-0.3, -0.25) is 9.48 Å². The van der Waals surface area contributed by atoms with Gasteiger partial charge in [-0.2, -0.15) is 5.10 Å². The molecule has 1 N–H and O–H groups in total. The minimum atomic E-state index is -0.224. The largest absolute Gasteiger partial charge is 0.481 e. The molecule has 0 aliphatic heterocycles. The molecular formula is C25H24N4O2. The van der Waals surface area contributed by atoms with Crippen LogP contribution in [0.5, 0.6) is 5.88 Å². The zero-order valence-electron chi connectivity index (χ0n) is 17.8. The highest BCUT2D eigenvalue weighted by Gasteiger charge is 2.18. The molecular weight excluding hydrogens is 388 g/mol. The van der Waals surface area contributed by atoms with Crippen molar-refractivity contribution in [2.75, 3.05) is 12.4 Å². The van der Waals surface area contributed by atoms with Gasteiger partial charge in [0.2, 0.25) is 5.88 Å². The van der Waals surface area contributed by atoms with Crippen molar-refractivity contribution in [3.05, 3.63) is 89.3 Å². The van der Waals surface area contributed by atoms with E-state index in [0.29, 0.717) is 29.2 Å². The molecule has 0 fully saturated rings. The van der Waals surface area contributed by atoms with E-state index in [1.165, 1.54) is 0 Å². The van der Waals surface area contributed by atoms with Gasteiger partial charge >= 0.3 is 0 Å². The third-order valence-electron chi connectivity index (χ3n) is 5.31. The van der Waals surface area contributed by atoms with Crippen molar-refractivity contribution in [1.82, 2.24) is 14.8 Å². The first kappa shape index (κ1) is 20.3. The van der Waals surface area contributed by atoms with Crippen molar-refractivity contribution < 1.29 is 9.53 Å². The van der Waals surface area contributed by atoms with Gasteiger partial charge in [0, 0.05) is 11.5 Å². The lowest BCUT2D eigenvalue weighted by Gasteiger charge is -2.10. The van der Waals surface area contributed by atoms with Crippen LogP contribution in [0.15, 0.2) is 61.2 Å². The Hall–Kier alpha value is -3.93. The van der Waals surface area contributed by atoms with E-state index in [4.69, 9.17) is 4.74 Å². The smallest absolute Gasteiger partial charge is 0.256 e. The van der Waals surface area contributed by atoms with Gasteiger partial charge in [-0.05, 0) is 31.0 Å². The van der Waals surface area contributed by atoms with Crippen LogP contribution in [-0.2, 0) is 6.54 Å². The van der Waals surface area contributed by atoms with Gasteiger partial charge in [0.25, 0.3) is 5.91 Å². The highest BCUT2D eigenvalue weighted by atomic mass is 16.5. The van der Waals surface area contributed by atoms with Crippen molar-refractivity contribution in [1.29, 1.82) is 0 Å². The number of para-hydroxylation sites is 1. The minimum Gasteiger partial charge on any atom is -0.481 e. The van der Waals surface area contributed by atoms with Crippen LogP contribution >= 0.6 is 0 Å². The van der Waals surface area contributed by atoms with Crippen LogP contribution in [0.2, 0.25) is 0 Å². The van der Waals surface area contributed by atoms with Gasteiger partial charge in [0.1, 0.15) is 0 Å². The molecule has 6 heteroatoms. The second kappa shape index (κ2) is 8.44. The molecule has 0 aliphatic carbocycles. The van der Waals surface area contributed by atoms with E-state index < -0.39 is 0 Å². The number of aromatic nitrogens is 3. The number of benzene rings is 2. The summed E-state index contributed by atoms with van der Waals surface area (Å²) in [5.41, 5.74) is 5.78. The van der Waals surface area contributed by atoms with Crippen molar-refractivity contribution >= 4 is 28.6 Å². The van der Waals surface area contributed by atoms with Crippen LogP contribution < -0.4 is 10.1 Å². The van der Waals surface area contributed by atoms with E-state index in [0.717, 1.165) is 27.9 Å². The maximum atomic E-state index is 13.2. The Balaban J connectivity index is 1.63. The van der Waals surface area contributed by atoms with Crippen LogP contribution in [0, 0.1) is 13.8 Å². The summed E-state index contributed by atoms with van der Waals surface area (Å²) >= 11 is 0. The molecule has 0 bridgehead atoms. The van der Waals surface area contributed by atoms with Crippen molar-refractivity contribution in [2.45, 2.75) is 20.4 Å². The van der Waals surface area contributed by atoms with E-state index >= 15 is 0 Å². The highest BCUT2D eigenvalue weighted by molar-refractivity contribution is 6.13. The Morgan fingerprint density at radius 2 is 1.90 bits per heavy atom. The van der Waals surface area contributed by atoms with Crippen LogP contribution in [0.1, 0.15) is 32.9 Å². The summed E-state index contributed by atoms with van der Waals surface area (Å²) in [7, 11) is 1.54. The second-order valence-electron chi connectivity index (χ2n) is 7.33. The number of amides is 1. The van der Waals surface area contributed by atoms with E-state index in [-0.39, 0.29) is 5.91 Å². The summed E-state index contributed by atoms with van der Waals surface area (Å²) in [5.74, 6) is 0.175. The normalized spacial score (nSPS) is 10.8. The van der Waals surface area contributed by atoms with Gasteiger partial charge in [-0.25, -0.2) is 4.98 Å². The van der Waals surface area contributed by atoms with Crippen molar-refractivity contribution in [3.63, 3.8) is 0 Å². The molecule has 0 atom stereocenters. The maximum Gasteiger partial charge on any atom is 0.256 e. The predicted molar refractivity (Wildman–Crippen MR) is 124 cm³/mol. The van der Waals surface area contributed by atoms with Gasteiger partial charge < -0.3 is 10.1 Å². The van der Waals surface area contributed by atoms with Crippen LogP contribution in [-0.4, -0.2) is 27.8 Å². The van der Waals surface area contributed by atoms with Crippen molar-refractivity contribution in [2.24, 2.45) is 0 Å². The number of pyridine rings is 1. The standard InChI is InChI=1S/C25H24N4O2/c1-5-18-10-12-19(13-11-18)15-29-17(3)24(16(2)28-29)27-25(30)21-14-23(31-4)26-22-9-7-6-8-20(21)22/h5-14H,1,15H2,2-4H3,(H,27,30). The molecule has 4 aromatic rings. The molecule has 31 heavy (non-hydrogen) atoms. The Morgan fingerprint density at radius 1 is 1.16 bits per heavy atom. The van der Waals surface area contributed by atoms with Crippen LogP contribution in [0.3, 0.4) is 0 Å². The summed E-state index contributed by atoms with van der Waals surface area (Å²) in [4.78, 5) is 17.6. The number of anilines is 1. The molecule has 0 aliphatic rings. The number of carbonyl (C=O) groups excluding carboxylic acids is 1. The molecule has 2 aromatic heterocycles. The third kappa shape index (κ3) is 4.05. The van der Waals surface area contributed by atoms with E-state index in [1.807, 2.05) is 61.0 Å². The number of carbonyl (C=O) groups is 1. The molecule has 0 saturated heterocycles. The summed E-state index contributed by atoms with van der Waals surface area (Å²) in [5, 5.41) is 8.45. The molecule has 0 radical (unpaired) electrons. The first-order chi connectivity index (χ1) is 15.0.